The normalized spacial score (nSPS) is 10.4. The third kappa shape index (κ3) is 7.06. The average Bonchev–Trinajstić information content (AvgIpc) is 2.98. The van der Waals surface area contributed by atoms with Gasteiger partial charge in [-0.3, -0.25) is 0 Å². The predicted octanol–water partition coefficient (Wildman–Crippen LogP) is -0.118. The van der Waals surface area contributed by atoms with E-state index in [1.807, 2.05) is 12.1 Å². The first-order chi connectivity index (χ1) is 12.2. The van der Waals surface area contributed by atoms with Crippen molar-refractivity contribution in [3.63, 3.8) is 0 Å². The number of aliphatic hydroxyl groups is 1. The molecule has 0 fully saturated rings. The molecule has 3 aromatic carbocycles. The average molecular weight is 449 g/mol. The SMILES string of the molecule is CO.C[C-](C)C.[Cl-].[Cl-].[Ti+4].[c-]1ccccc1C1c2ccccc2-c2ccccc21. The van der Waals surface area contributed by atoms with E-state index >= 15 is 0 Å². The topological polar surface area (TPSA) is 20.2 Å². The van der Waals surface area contributed by atoms with Gasteiger partial charge in [0.25, 0.3) is 0 Å². The van der Waals surface area contributed by atoms with Gasteiger partial charge in [0, 0.05) is 13.0 Å². The van der Waals surface area contributed by atoms with Gasteiger partial charge in [0.2, 0.25) is 0 Å². The largest absolute Gasteiger partial charge is 4.00 e. The maximum atomic E-state index is 7.00. The van der Waals surface area contributed by atoms with E-state index in [1.165, 1.54) is 33.7 Å². The summed E-state index contributed by atoms with van der Waals surface area (Å²) in [5.41, 5.74) is 6.76. The second-order valence-electron chi connectivity index (χ2n) is 6.43. The quantitative estimate of drug-likeness (QED) is 0.318. The maximum Gasteiger partial charge on any atom is 4.00 e. The molecule has 0 bridgehead atoms. The molecule has 0 saturated heterocycles. The summed E-state index contributed by atoms with van der Waals surface area (Å²) in [5.74, 6) is 1.74. The summed E-state index contributed by atoms with van der Waals surface area (Å²) in [7, 11) is 1.00. The zero-order valence-corrected chi connectivity index (χ0v) is 19.8. The molecule has 28 heavy (non-hydrogen) atoms. The molecular formula is C24H26Cl2OTi. The van der Waals surface area contributed by atoms with Crippen LogP contribution in [0.15, 0.2) is 72.8 Å². The Morgan fingerprint density at radius 2 is 1.11 bits per heavy atom. The fourth-order valence-corrected chi connectivity index (χ4v) is 3.08. The minimum Gasteiger partial charge on any atom is -1.00 e. The van der Waals surface area contributed by atoms with Gasteiger partial charge in [-0.15, -0.1) is 0 Å². The van der Waals surface area contributed by atoms with E-state index in [1.54, 1.807) is 0 Å². The van der Waals surface area contributed by atoms with Gasteiger partial charge in [-0.05, 0) is 22.3 Å². The molecule has 0 radical (unpaired) electrons. The summed E-state index contributed by atoms with van der Waals surface area (Å²) in [5, 5.41) is 7.00. The van der Waals surface area contributed by atoms with Crippen molar-refractivity contribution in [3.05, 3.63) is 101 Å². The third-order valence-corrected chi connectivity index (χ3v) is 3.88. The van der Waals surface area contributed by atoms with Crippen LogP contribution in [0.5, 0.6) is 0 Å². The molecule has 0 saturated carbocycles. The summed E-state index contributed by atoms with van der Waals surface area (Å²) >= 11 is 0. The van der Waals surface area contributed by atoms with Crippen molar-refractivity contribution < 1.29 is 51.6 Å². The first kappa shape index (κ1) is 29.1. The van der Waals surface area contributed by atoms with Crippen LogP contribution in [0.1, 0.15) is 43.4 Å². The zero-order valence-electron chi connectivity index (χ0n) is 16.7. The van der Waals surface area contributed by atoms with Crippen molar-refractivity contribution in [2.24, 2.45) is 0 Å². The van der Waals surface area contributed by atoms with Crippen molar-refractivity contribution in [2.45, 2.75) is 26.7 Å². The number of fused-ring (bicyclic) bond motifs is 3. The zero-order chi connectivity index (χ0) is 18.2. The van der Waals surface area contributed by atoms with Crippen LogP contribution in [-0.2, 0) is 21.7 Å². The molecule has 0 atom stereocenters. The van der Waals surface area contributed by atoms with Crippen LogP contribution in [0.2, 0.25) is 0 Å². The fraction of sp³-hybridized carbons (Fsp3) is 0.208. The summed E-state index contributed by atoms with van der Waals surface area (Å²) in [4.78, 5) is 0. The minimum atomic E-state index is 0. The van der Waals surface area contributed by atoms with Gasteiger partial charge in [-0.2, -0.15) is 56.7 Å². The van der Waals surface area contributed by atoms with Crippen LogP contribution in [0.4, 0.5) is 0 Å². The minimum absolute atomic E-state index is 0. The van der Waals surface area contributed by atoms with Gasteiger partial charge in [0.1, 0.15) is 0 Å². The molecular weight excluding hydrogens is 423 g/mol. The first-order valence-electron chi connectivity index (χ1n) is 8.55. The monoisotopic (exact) mass is 448 g/mol. The third-order valence-electron chi connectivity index (χ3n) is 3.88. The van der Waals surface area contributed by atoms with E-state index in [2.05, 4.69) is 87.5 Å². The van der Waals surface area contributed by atoms with E-state index in [-0.39, 0.29) is 46.5 Å². The Kier molecular flexibility index (Phi) is 15.4. The maximum absolute atomic E-state index is 7.00. The molecule has 4 heteroatoms. The number of halogens is 2. The molecule has 0 unspecified atom stereocenters. The summed E-state index contributed by atoms with van der Waals surface area (Å²) in [6, 6.07) is 29.1. The van der Waals surface area contributed by atoms with Crippen molar-refractivity contribution in [1.82, 2.24) is 0 Å². The molecule has 0 aromatic heterocycles. The molecule has 3 aromatic rings. The van der Waals surface area contributed by atoms with Gasteiger partial charge in [-0.25, -0.2) is 0 Å². The molecule has 0 amide bonds. The van der Waals surface area contributed by atoms with Crippen molar-refractivity contribution in [1.29, 1.82) is 0 Å². The Bertz CT molecular complexity index is 743. The van der Waals surface area contributed by atoms with Gasteiger partial charge < -0.3 is 35.8 Å². The van der Waals surface area contributed by atoms with E-state index in [0.717, 1.165) is 7.11 Å². The van der Waals surface area contributed by atoms with Gasteiger partial charge in [0.15, 0.2) is 0 Å². The number of hydrogen-bond donors (Lipinski definition) is 1. The first-order valence-corrected chi connectivity index (χ1v) is 8.55. The number of rotatable bonds is 1. The predicted molar refractivity (Wildman–Crippen MR) is 107 cm³/mol. The summed E-state index contributed by atoms with van der Waals surface area (Å²) < 4.78 is 0. The number of benzene rings is 3. The van der Waals surface area contributed by atoms with Crippen LogP contribution in [0.3, 0.4) is 0 Å². The molecule has 1 nitrogen and oxygen atoms in total. The fourth-order valence-electron chi connectivity index (χ4n) is 3.08. The van der Waals surface area contributed by atoms with E-state index < -0.39 is 0 Å². The number of aliphatic hydroxyl groups excluding tert-OH is 1. The van der Waals surface area contributed by atoms with Crippen LogP contribution in [-0.4, -0.2) is 12.2 Å². The second-order valence-corrected chi connectivity index (χ2v) is 6.43. The van der Waals surface area contributed by atoms with Gasteiger partial charge in [0.05, 0.1) is 0 Å². The van der Waals surface area contributed by atoms with Crippen LogP contribution in [0, 0.1) is 12.0 Å². The second kappa shape index (κ2) is 14.8. The Hall–Kier alpha value is -1.09. The Labute approximate surface area is 197 Å². The standard InChI is InChI=1S/C19H13.C4H9.CH4O.2ClH.Ti/c1-2-8-14(9-3-1)19-17-12-6-4-10-15(17)16-11-5-7-13-18(16)19;1-4(2)3;1-2;;;/h1-8,10-13,19H;1-3H3;2H,1H3;2*1H;/q2*-1;;;;+4/p-2. The van der Waals surface area contributed by atoms with E-state index in [0.29, 0.717) is 5.92 Å². The molecule has 1 aliphatic rings. The van der Waals surface area contributed by atoms with Crippen molar-refractivity contribution >= 4 is 0 Å². The van der Waals surface area contributed by atoms with Crippen molar-refractivity contribution in [3.8, 4) is 11.1 Å². The van der Waals surface area contributed by atoms with Gasteiger partial charge in [-0.1, -0.05) is 48.5 Å². The molecule has 146 valence electrons. The van der Waals surface area contributed by atoms with Crippen LogP contribution < -0.4 is 24.8 Å². The van der Waals surface area contributed by atoms with Crippen LogP contribution >= 0.6 is 0 Å². The van der Waals surface area contributed by atoms with Crippen molar-refractivity contribution in [2.75, 3.05) is 7.11 Å². The summed E-state index contributed by atoms with van der Waals surface area (Å²) in [6.07, 6.45) is 0. The number of hydrogen-bond acceptors (Lipinski definition) is 1. The van der Waals surface area contributed by atoms with Crippen LogP contribution in [0.25, 0.3) is 11.1 Å². The Morgan fingerprint density at radius 3 is 1.50 bits per heavy atom. The molecule has 4 rings (SSSR count). The Balaban J connectivity index is 0. The molecule has 0 heterocycles. The van der Waals surface area contributed by atoms with E-state index in [9.17, 15) is 0 Å². The molecule has 1 N–H and O–H groups in total. The smallest absolute Gasteiger partial charge is 1.00 e. The molecule has 1 aliphatic carbocycles. The van der Waals surface area contributed by atoms with Gasteiger partial charge >= 0.3 is 21.7 Å². The molecule has 0 spiro atoms. The Morgan fingerprint density at radius 1 is 0.714 bits per heavy atom. The van der Waals surface area contributed by atoms with E-state index in [4.69, 9.17) is 5.11 Å². The summed E-state index contributed by atoms with van der Waals surface area (Å²) in [6.45, 7) is 6.25. The molecule has 0 aliphatic heterocycles.